The zero-order chi connectivity index (χ0) is 11.6. The maximum Gasteiger partial charge on any atom is 0.137 e. The highest BCUT2D eigenvalue weighted by molar-refractivity contribution is 9.10. The number of nitrogens with zero attached hydrogens (tertiary/aromatic N) is 1. The molecule has 4 heteroatoms. The SMILES string of the molecule is CC(C)(C)C(N)=Nc1ccc(F)c(Br)c1. The molecular formula is C11H14BrFN2. The van der Waals surface area contributed by atoms with Gasteiger partial charge in [0, 0.05) is 5.41 Å². The van der Waals surface area contributed by atoms with Gasteiger partial charge in [0.2, 0.25) is 0 Å². The van der Waals surface area contributed by atoms with Crippen LogP contribution >= 0.6 is 15.9 Å². The molecule has 0 aliphatic rings. The first-order valence-corrected chi connectivity index (χ1v) is 5.39. The van der Waals surface area contributed by atoms with E-state index in [0.29, 0.717) is 16.0 Å². The Bertz CT molecular complexity index is 394. The Kier molecular flexibility index (Phi) is 3.50. The summed E-state index contributed by atoms with van der Waals surface area (Å²) in [5, 5.41) is 0. The van der Waals surface area contributed by atoms with Crippen LogP contribution in [0.3, 0.4) is 0 Å². The lowest BCUT2D eigenvalue weighted by Gasteiger charge is -2.17. The molecule has 0 aliphatic heterocycles. The van der Waals surface area contributed by atoms with E-state index in [2.05, 4.69) is 20.9 Å². The molecule has 2 N–H and O–H groups in total. The van der Waals surface area contributed by atoms with Gasteiger partial charge in [0.1, 0.15) is 11.7 Å². The molecule has 0 unspecified atom stereocenters. The van der Waals surface area contributed by atoms with Crippen molar-refractivity contribution in [3.05, 3.63) is 28.5 Å². The summed E-state index contributed by atoms with van der Waals surface area (Å²) in [6.07, 6.45) is 0. The summed E-state index contributed by atoms with van der Waals surface area (Å²) in [6, 6.07) is 4.56. The second-order valence-corrected chi connectivity index (χ2v) is 5.20. The molecule has 15 heavy (non-hydrogen) atoms. The van der Waals surface area contributed by atoms with E-state index in [4.69, 9.17) is 5.73 Å². The molecule has 0 bridgehead atoms. The lowest BCUT2D eigenvalue weighted by atomic mass is 9.95. The van der Waals surface area contributed by atoms with E-state index < -0.39 is 0 Å². The molecule has 0 saturated carbocycles. The number of amidine groups is 1. The van der Waals surface area contributed by atoms with Crippen molar-refractivity contribution in [3.63, 3.8) is 0 Å². The second-order valence-electron chi connectivity index (χ2n) is 4.35. The van der Waals surface area contributed by atoms with E-state index >= 15 is 0 Å². The largest absolute Gasteiger partial charge is 0.387 e. The summed E-state index contributed by atoms with van der Waals surface area (Å²) < 4.78 is 13.3. The molecule has 1 rings (SSSR count). The minimum Gasteiger partial charge on any atom is -0.387 e. The van der Waals surface area contributed by atoms with Gasteiger partial charge in [0.15, 0.2) is 0 Å². The molecule has 0 saturated heterocycles. The van der Waals surface area contributed by atoms with Gasteiger partial charge in [-0.1, -0.05) is 20.8 Å². The van der Waals surface area contributed by atoms with Gasteiger partial charge in [-0.2, -0.15) is 0 Å². The summed E-state index contributed by atoms with van der Waals surface area (Å²) >= 11 is 3.10. The Morgan fingerprint density at radius 3 is 2.47 bits per heavy atom. The number of hydrogen-bond donors (Lipinski definition) is 1. The van der Waals surface area contributed by atoms with Crippen LogP contribution in [0.25, 0.3) is 0 Å². The quantitative estimate of drug-likeness (QED) is 0.616. The molecular weight excluding hydrogens is 259 g/mol. The standard InChI is InChI=1S/C11H14BrFN2/c1-11(2,3)10(14)15-7-4-5-9(13)8(12)6-7/h4-6H,1-3H3,(H2,14,15). The predicted molar refractivity (Wildman–Crippen MR) is 64.8 cm³/mol. The number of aliphatic imine (C=N–C) groups is 1. The van der Waals surface area contributed by atoms with Gasteiger partial charge in [0.05, 0.1) is 10.2 Å². The van der Waals surface area contributed by atoms with Gasteiger partial charge < -0.3 is 5.73 Å². The lowest BCUT2D eigenvalue weighted by molar-refractivity contribution is 0.585. The zero-order valence-electron chi connectivity index (χ0n) is 9.01. The highest BCUT2D eigenvalue weighted by Crippen LogP contribution is 2.24. The monoisotopic (exact) mass is 272 g/mol. The molecule has 82 valence electrons. The second kappa shape index (κ2) is 4.31. The van der Waals surface area contributed by atoms with E-state index in [9.17, 15) is 4.39 Å². The summed E-state index contributed by atoms with van der Waals surface area (Å²) in [7, 11) is 0. The molecule has 0 heterocycles. The first kappa shape index (κ1) is 12.2. The molecule has 0 atom stereocenters. The van der Waals surface area contributed by atoms with Gasteiger partial charge in [-0.25, -0.2) is 9.38 Å². The molecule has 0 spiro atoms. The molecule has 0 radical (unpaired) electrons. The van der Waals surface area contributed by atoms with Crippen molar-refractivity contribution in [1.29, 1.82) is 0 Å². The van der Waals surface area contributed by atoms with Crippen LogP contribution < -0.4 is 5.73 Å². The van der Waals surface area contributed by atoms with Crippen LogP contribution in [0.4, 0.5) is 10.1 Å². The van der Waals surface area contributed by atoms with E-state index in [1.807, 2.05) is 20.8 Å². The molecule has 1 aromatic rings. The van der Waals surface area contributed by atoms with Crippen molar-refractivity contribution in [2.24, 2.45) is 16.1 Å². The molecule has 0 aliphatic carbocycles. The van der Waals surface area contributed by atoms with Gasteiger partial charge >= 0.3 is 0 Å². The van der Waals surface area contributed by atoms with Crippen molar-refractivity contribution in [2.75, 3.05) is 0 Å². The molecule has 0 amide bonds. The van der Waals surface area contributed by atoms with Gasteiger partial charge in [0.25, 0.3) is 0 Å². The molecule has 2 nitrogen and oxygen atoms in total. The van der Waals surface area contributed by atoms with Crippen LogP contribution in [0, 0.1) is 11.2 Å². The molecule has 1 aromatic carbocycles. The fraction of sp³-hybridized carbons (Fsp3) is 0.364. The Hall–Kier alpha value is -0.900. The van der Waals surface area contributed by atoms with Crippen molar-refractivity contribution < 1.29 is 4.39 Å². The summed E-state index contributed by atoms with van der Waals surface area (Å²) in [5.74, 6) is 0.226. The lowest BCUT2D eigenvalue weighted by Crippen LogP contribution is -2.28. The van der Waals surface area contributed by atoms with Crippen molar-refractivity contribution in [2.45, 2.75) is 20.8 Å². The topological polar surface area (TPSA) is 38.4 Å². The van der Waals surface area contributed by atoms with E-state index in [1.54, 1.807) is 12.1 Å². The fourth-order valence-electron chi connectivity index (χ4n) is 0.861. The van der Waals surface area contributed by atoms with Crippen LogP contribution in [-0.4, -0.2) is 5.84 Å². The van der Waals surface area contributed by atoms with Crippen molar-refractivity contribution >= 4 is 27.5 Å². The van der Waals surface area contributed by atoms with Crippen molar-refractivity contribution in [1.82, 2.24) is 0 Å². The number of hydrogen-bond acceptors (Lipinski definition) is 1. The Balaban J connectivity index is 3.04. The van der Waals surface area contributed by atoms with Crippen LogP contribution in [-0.2, 0) is 0 Å². The fourth-order valence-corrected chi connectivity index (χ4v) is 1.23. The number of benzene rings is 1. The zero-order valence-corrected chi connectivity index (χ0v) is 10.6. The average molecular weight is 273 g/mol. The average Bonchev–Trinajstić information content (AvgIpc) is 2.10. The maximum absolute atomic E-state index is 12.9. The van der Waals surface area contributed by atoms with Gasteiger partial charge in [-0.05, 0) is 34.1 Å². The maximum atomic E-state index is 12.9. The highest BCUT2D eigenvalue weighted by Gasteiger charge is 2.15. The van der Waals surface area contributed by atoms with Crippen LogP contribution in [0.15, 0.2) is 27.7 Å². The van der Waals surface area contributed by atoms with E-state index in [-0.39, 0.29) is 11.2 Å². The predicted octanol–water partition coefficient (Wildman–Crippen LogP) is 3.62. The Morgan fingerprint density at radius 2 is 2.00 bits per heavy atom. The number of rotatable bonds is 1. The first-order valence-electron chi connectivity index (χ1n) is 4.60. The van der Waals surface area contributed by atoms with E-state index in [0.717, 1.165) is 0 Å². The van der Waals surface area contributed by atoms with Gasteiger partial charge in [-0.3, -0.25) is 0 Å². The molecule has 0 aromatic heterocycles. The highest BCUT2D eigenvalue weighted by atomic mass is 79.9. The normalized spacial score (nSPS) is 13.0. The van der Waals surface area contributed by atoms with Crippen molar-refractivity contribution in [3.8, 4) is 0 Å². The van der Waals surface area contributed by atoms with E-state index in [1.165, 1.54) is 6.07 Å². The van der Waals surface area contributed by atoms with Crippen LogP contribution in [0.2, 0.25) is 0 Å². The third-order valence-electron chi connectivity index (χ3n) is 1.92. The number of nitrogens with two attached hydrogens (primary N) is 1. The summed E-state index contributed by atoms with van der Waals surface area (Å²) in [5.41, 5.74) is 6.28. The summed E-state index contributed by atoms with van der Waals surface area (Å²) in [4.78, 5) is 4.23. The first-order chi connectivity index (χ1) is 6.80. The Morgan fingerprint density at radius 1 is 1.40 bits per heavy atom. The number of halogens is 2. The van der Waals surface area contributed by atoms with Crippen LogP contribution in [0.1, 0.15) is 20.8 Å². The summed E-state index contributed by atoms with van der Waals surface area (Å²) in [6.45, 7) is 5.93. The smallest absolute Gasteiger partial charge is 0.137 e. The minimum absolute atomic E-state index is 0.180. The van der Waals surface area contributed by atoms with Crippen LogP contribution in [0.5, 0.6) is 0 Å². The minimum atomic E-state index is -0.303. The third-order valence-corrected chi connectivity index (χ3v) is 2.53. The Labute approximate surface area is 97.5 Å². The third kappa shape index (κ3) is 3.30. The molecule has 0 fully saturated rings. The van der Waals surface area contributed by atoms with Gasteiger partial charge in [-0.15, -0.1) is 0 Å².